The molecule has 2 bridgehead atoms. The zero-order chi connectivity index (χ0) is 20.1. The summed E-state index contributed by atoms with van der Waals surface area (Å²) >= 11 is 6.37. The predicted molar refractivity (Wildman–Crippen MR) is 118 cm³/mol. The Morgan fingerprint density at radius 2 is 2.10 bits per heavy atom. The molecule has 2 heterocycles. The van der Waals surface area contributed by atoms with Gasteiger partial charge in [-0.15, -0.1) is 0 Å². The fourth-order valence-electron chi connectivity index (χ4n) is 5.56. The molecule has 2 unspecified atom stereocenters. The molecule has 0 aliphatic heterocycles. The Morgan fingerprint density at radius 1 is 1.24 bits per heavy atom. The van der Waals surface area contributed by atoms with Crippen molar-refractivity contribution in [3.8, 4) is 0 Å². The van der Waals surface area contributed by atoms with Gasteiger partial charge in [0.1, 0.15) is 0 Å². The maximum atomic E-state index is 13.5. The van der Waals surface area contributed by atoms with Crippen molar-refractivity contribution in [2.75, 3.05) is 0 Å². The maximum Gasteiger partial charge on any atom is 0.231 e. The normalized spacial score (nSPS) is 23.2. The number of halogens is 1. The summed E-state index contributed by atoms with van der Waals surface area (Å²) in [4.78, 5) is 17.8. The van der Waals surface area contributed by atoms with Crippen molar-refractivity contribution >= 4 is 28.4 Å². The summed E-state index contributed by atoms with van der Waals surface area (Å²) in [6, 6.07) is 10.1. The number of hydrogen-bond donors (Lipinski definition) is 0. The number of carbonyl (C=O) groups is 1. The maximum absolute atomic E-state index is 13.5. The van der Waals surface area contributed by atoms with E-state index in [2.05, 4.69) is 24.0 Å². The highest BCUT2D eigenvalue weighted by atomic mass is 35.5. The van der Waals surface area contributed by atoms with Gasteiger partial charge in [-0.2, -0.15) is 0 Å². The van der Waals surface area contributed by atoms with Crippen LogP contribution in [0.3, 0.4) is 0 Å². The summed E-state index contributed by atoms with van der Waals surface area (Å²) < 4.78 is 2.03. The average molecular weight is 407 g/mol. The number of benzene rings is 1. The minimum atomic E-state index is 0.188. The first-order valence-electron chi connectivity index (χ1n) is 10.8. The van der Waals surface area contributed by atoms with Crippen LogP contribution in [0.25, 0.3) is 10.9 Å². The van der Waals surface area contributed by atoms with Crippen molar-refractivity contribution in [1.29, 1.82) is 0 Å². The molecule has 3 nitrogen and oxygen atoms in total. The first kappa shape index (κ1) is 18.9. The number of hydrogen-bond acceptors (Lipinski definition) is 2. The Kier molecular flexibility index (Phi) is 4.74. The second kappa shape index (κ2) is 7.28. The topological polar surface area (TPSA) is 34.9 Å². The fraction of sp³-hybridized carbons (Fsp3) is 0.440. The highest BCUT2D eigenvalue weighted by Gasteiger charge is 2.38. The molecule has 150 valence electrons. The average Bonchev–Trinajstić information content (AvgIpc) is 2.81. The summed E-state index contributed by atoms with van der Waals surface area (Å²) in [5.74, 6) is 2.14. The summed E-state index contributed by atoms with van der Waals surface area (Å²) in [5, 5.41) is 1.94. The highest BCUT2D eigenvalue weighted by molar-refractivity contribution is 6.31. The van der Waals surface area contributed by atoms with Gasteiger partial charge in [-0.3, -0.25) is 14.3 Å². The Hall–Kier alpha value is -2.13. The van der Waals surface area contributed by atoms with Crippen molar-refractivity contribution in [1.82, 2.24) is 9.55 Å². The van der Waals surface area contributed by atoms with Crippen LogP contribution in [-0.4, -0.2) is 15.5 Å². The Balaban J connectivity index is 1.56. The van der Waals surface area contributed by atoms with E-state index in [1.54, 1.807) is 0 Å². The van der Waals surface area contributed by atoms with Crippen LogP contribution in [0.5, 0.6) is 0 Å². The minimum absolute atomic E-state index is 0.188. The lowest BCUT2D eigenvalue weighted by Gasteiger charge is -2.30. The van der Waals surface area contributed by atoms with Crippen LogP contribution < -0.4 is 0 Å². The first-order chi connectivity index (χ1) is 14.0. The van der Waals surface area contributed by atoms with Crippen LogP contribution in [0.1, 0.15) is 65.8 Å². The molecule has 0 N–H and O–H groups in total. The molecule has 2 aromatic heterocycles. The van der Waals surface area contributed by atoms with E-state index in [0.717, 1.165) is 40.6 Å². The van der Waals surface area contributed by atoms with Crippen molar-refractivity contribution in [3.63, 3.8) is 0 Å². The largest absolute Gasteiger partial charge is 0.284 e. The second-order valence-electron chi connectivity index (χ2n) is 9.01. The summed E-state index contributed by atoms with van der Waals surface area (Å²) in [6.45, 7) is 4.37. The molecule has 29 heavy (non-hydrogen) atoms. The fourth-order valence-corrected chi connectivity index (χ4v) is 5.74. The molecule has 3 aliphatic rings. The van der Waals surface area contributed by atoms with Crippen LogP contribution in [0.15, 0.2) is 36.5 Å². The Morgan fingerprint density at radius 3 is 2.86 bits per heavy atom. The molecule has 4 heteroatoms. The number of rotatable bonds is 3. The van der Waals surface area contributed by atoms with E-state index in [1.165, 1.54) is 35.9 Å². The molecule has 6 rings (SSSR count). The van der Waals surface area contributed by atoms with Crippen LogP contribution in [-0.2, 0) is 12.8 Å². The summed E-state index contributed by atoms with van der Waals surface area (Å²) in [5.41, 5.74) is 5.81. The van der Waals surface area contributed by atoms with Gasteiger partial charge >= 0.3 is 0 Å². The van der Waals surface area contributed by atoms with Crippen molar-refractivity contribution in [2.24, 2.45) is 11.8 Å². The zero-order valence-corrected chi connectivity index (χ0v) is 17.9. The molecule has 1 saturated carbocycles. The van der Waals surface area contributed by atoms with E-state index in [4.69, 9.17) is 11.6 Å². The Bertz CT molecular complexity index is 1080. The van der Waals surface area contributed by atoms with Crippen molar-refractivity contribution in [3.05, 3.63) is 64.1 Å². The molecule has 3 aromatic rings. The van der Waals surface area contributed by atoms with Gasteiger partial charge in [-0.05, 0) is 92.2 Å². The summed E-state index contributed by atoms with van der Waals surface area (Å²) in [7, 11) is 0. The smallest absolute Gasteiger partial charge is 0.231 e. The number of nitrogens with zero attached hydrogens (tertiary/aromatic N) is 2. The van der Waals surface area contributed by atoms with Gasteiger partial charge < -0.3 is 0 Å². The highest BCUT2D eigenvalue weighted by Crippen LogP contribution is 2.49. The van der Waals surface area contributed by atoms with Gasteiger partial charge in [-0.25, -0.2) is 0 Å². The van der Waals surface area contributed by atoms with E-state index < -0.39 is 0 Å². The number of aromatic nitrogens is 2. The molecule has 0 amide bonds. The SMILES string of the molecule is Cc1ccc(CCC(=O)n2c3c(c4cc(Cl)ccc42)C2CCC(C3)[C@H](C)C2)cn1. The molecule has 0 saturated heterocycles. The number of aryl methyl sites for hydroxylation is 2. The number of fused-ring (bicyclic) bond motifs is 3. The van der Waals surface area contributed by atoms with Gasteiger partial charge in [0, 0.05) is 34.4 Å². The van der Waals surface area contributed by atoms with Gasteiger partial charge in [0.15, 0.2) is 0 Å². The third-order valence-corrected chi connectivity index (χ3v) is 7.37. The van der Waals surface area contributed by atoms with Gasteiger partial charge in [-0.1, -0.05) is 24.6 Å². The van der Waals surface area contributed by atoms with E-state index >= 15 is 0 Å². The van der Waals surface area contributed by atoms with E-state index in [0.29, 0.717) is 18.3 Å². The minimum Gasteiger partial charge on any atom is -0.284 e. The van der Waals surface area contributed by atoms with E-state index in [-0.39, 0.29) is 5.91 Å². The predicted octanol–water partition coefficient (Wildman–Crippen LogP) is 6.35. The lowest BCUT2D eigenvalue weighted by molar-refractivity contribution is 0.0904. The third-order valence-electron chi connectivity index (χ3n) is 7.13. The van der Waals surface area contributed by atoms with Gasteiger partial charge in [0.2, 0.25) is 5.91 Å². The lowest BCUT2D eigenvalue weighted by Crippen LogP contribution is -2.21. The van der Waals surface area contributed by atoms with Crippen LogP contribution in [0.2, 0.25) is 5.02 Å². The molecule has 0 spiro atoms. The molecule has 1 fully saturated rings. The van der Waals surface area contributed by atoms with Crippen molar-refractivity contribution in [2.45, 2.75) is 58.3 Å². The van der Waals surface area contributed by atoms with E-state index in [9.17, 15) is 4.79 Å². The lowest BCUT2D eigenvalue weighted by atomic mass is 9.75. The molecular formula is C25H27ClN2O. The standard InChI is InChI=1S/C25H27ClN2O/c1-15-11-19-7-6-18(15)12-23-25(19)21-13-20(26)8-9-22(21)28(23)24(29)10-5-17-4-3-16(2)27-14-17/h3-4,8-9,13-15,18-19H,5-7,10-12H2,1-2H3/t15-,18?,19?/m1/s1. The number of pyridine rings is 1. The van der Waals surface area contributed by atoms with Crippen molar-refractivity contribution < 1.29 is 4.79 Å². The van der Waals surface area contributed by atoms with Gasteiger partial charge in [0.25, 0.3) is 0 Å². The van der Waals surface area contributed by atoms with Crippen LogP contribution in [0, 0.1) is 18.8 Å². The third kappa shape index (κ3) is 3.30. The zero-order valence-electron chi connectivity index (χ0n) is 17.1. The second-order valence-corrected chi connectivity index (χ2v) is 9.45. The van der Waals surface area contributed by atoms with Gasteiger partial charge in [0.05, 0.1) is 5.52 Å². The number of carbonyl (C=O) groups excluding carboxylic acids is 1. The molecular weight excluding hydrogens is 380 g/mol. The molecule has 3 atom stereocenters. The Labute approximate surface area is 177 Å². The van der Waals surface area contributed by atoms with E-state index in [1.807, 2.05) is 35.9 Å². The molecule has 3 aliphatic carbocycles. The monoisotopic (exact) mass is 406 g/mol. The molecule has 0 radical (unpaired) electrons. The van der Waals surface area contributed by atoms with Crippen LogP contribution >= 0.6 is 11.6 Å². The molecule has 1 aromatic carbocycles. The van der Waals surface area contributed by atoms with Crippen LogP contribution in [0.4, 0.5) is 0 Å². The quantitative estimate of drug-likeness (QED) is 0.508. The summed E-state index contributed by atoms with van der Waals surface area (Å²) in [6.07, 6.45) is 7.84. The first-order valence-corrected chi connectivity index (χ1v) is 11.2.